The lowest BCUT2D eigenvalue weighted by atomic mass is 10.0. The second-order valence-electron chi connectivity index (χ2n) is 6.05. The van der Waals surface area contributed by atoms with E-state index in [2.05, 4.69) is 58.1 Å². The van der Waals surface area contributed by atoms with Gasteiger partial charge in [0.15, 0.2) is 0 Å². The number of allylic oxidation sites excluding steroid dienone is 3. The average molecular weight is 277 g/mol. The molecule has 1 aliphatic rings. The molecule has 1 aliphatic carbocycles. The molecule has 3 rings (SSSR count). The lowest BCUT2D eigenvalue weighted by molar-refractivity contribution is 0.556. The fourth-order valence-corrected chi connectivity index (χ4v) is 2.88. The summed E-state index contributed by atoms with van der Waals surface area (Å²) in [4.78, 5) is 0. The van der Waals surface area contributed by atoms with E-state index in [4.69, 9.17) is 4.42 Å². The number of hydrogen-bond acceptors (Lipinski definition) is 0. The fourth-order valence-electron chi connectivity index (χ4n) is 2.88. The Labute approximate surface area is 126 Å². The first-order valence-electron chi connectivity index (χ1n) is 7.48. The van der Waals surface area contributed by atoms with E-state index in [-0.39, 0.29) is 0 Å². The maximum absolute atomic E-state index is 5.47. The van der Waals surface area contributed by atoms with E-state index in [1.807, 2.05) is 12.1 Å². The molecule has 1 nitrogen and oxygen atoms in total. The zero-order chi connectivity index (χ0) is 15.0. The van der Waals surface area contributed by atoms with Crippen molar-refractivity contribution in [3.05, 3.63) is 69.5 Å². The molecule has 0 unspecified atom stereocenters. The molecule has 0 atom stereocenters. The second-order valence-corrected chi connectivity index (χ2v) is 6.05. The SMILES string of the molecule is CC1=c2c(c(C)[cH-]/c2=C\[c-]2ccc[o+]2)C=C(C(C)C)C=C1. The van der Waals surface area contributed by atoms with Crippen molar-refractivity contribution in [3.8, 4) is 0 Å². The number of rotatable bonds is 2. The van der Waals surface area contributed by atoms with Crippen molar-refractivity contribution in [3.63, 3.8) is 0 Å². The topological polar surface area (TPSA) is 11.3 Å². The number of furan rings is 1. The maximum Gasteiger partial charge on any atom is 0.219 e. The van der Waals surface area contributed by atoms with Gasteiger partial charge in [-0.1, -0.05) is 50.6 Å². The highest BCUT2D eigenvalue weighted by atomic mass is 16.3. The molecular formula is C20H21O-. The summed E-state index contributed by atoms with van der Waals surface area (Å²) < 4.78 is 5.47. The van der Waals surface area contributed by atoms with Crippen LogP contribution in [0.5, 0.6) is 0 Å². The first kappa shape index (κ1) is 13.8. The van der Waals surface area contributed by atoms with Crippen LogP contribution in [0.15, 0.2) is 46.6 Å². The van der Waals surface area contributed by atoms with Crippen LogP contribution in [0.4, 0.5) is 0 Å². The summed E-state index contributed by atoms with van der Waals surface area (Å²) >= 11 is 0. The summed E-state index contributed by atoms with van der Waals surface area (Å²) in [6, 6.07) is 6.17. The third kappa shape index (κ3) is 2.56. The van der Waals surface area contributed by atoms with Gasteiger partial charge in [-0.05, 0) is 12.8 Å². The normalized spacial score (nSPS) is 15.4. The van der Waals surface area contributed by atoms with Crippen LogP contribution in [0.1, 0.15) is 37.7 Å². The van der Waals surface area contributed by atoms with Crippen LogP contribution in [0, 0.1) is 12.8 Å². The van der Waals surface area contributed by atoms with Gasteiger partial charge in [0, 0.05) is 0 Å². The average Bonchev–Trinajstić information content (AvgIpc) is 2.98. The summed E-state index contributed by atoms with van der Waals surface area (Å²) in [5, 5.41) is 2.57. The first-order valence-corrected chi connectivity index (χ1v) is 7.48. The Morgan fingerprint density at radius 3 is 2.71 bits per heavy atom. The van der Waals surface area contributed by atoms with Gasteiger partial charge in [-0.25, -0.2) is 5.22 Å². The van der Waals surface area contributed by atoms with Gasteiger partial charge in [-0.2, -0.15) is 11.3 Å². The standard InChI is InChI=1S/C20H21O/c1-13(2)16-8-7-14(3)20-17(10-15(4)19(20)12-16)11-18-6-5-9-21-18/h5-13H,1-4H3/q-1/b17-11+. The summed E-state index contributed by atoms with van der Waals surface area (Å²) in [5.74, 6) is 1.43. The van der Waals surface area contributed by atoms with Crippen LogP contribution in [-0.2, 0) is 0 Å². The molecule has 2 aromatic rings. The highest BCUT2D eigenvalue weighted by Gasteiger charge is 2.04. The molecule has 0 amide bonds. The Morgan fingerprint density at radius 1 is 1.24 bits per heavy atom. The Morgan fingerprint density at radius 2 is 2.05 bits per heavy atom. The van der Waals surface area contributed by atoms with Gasteiger partial charge in [0.1, 0.15) is 0 Å². The molecule has 1 aromatic carbocycles. The molecule has 1 heteroatoms. The molecule has 0 aliphatic heterocycles. The summed E-state index contributed by atoms with van der Waals surface area (Å²) in [6.07, 6.45) is 10.7. The van der Waals surface area contributed by atoms with Gasteiger partial charge < -0.3 is 4.42 Å². The van der Waals surface area contributed by atoms with Crippen molar-refractivity contribution in [1.82, 2.24) is 0 Å². The van der Waals surface area contributed by atoms with Crippen molar-refractivity contribution >= 4 is 17.7 Å². The molecule has 0 bridgehead atoms. The van der Waals surface area contributed by atoms with Gasteiger partial charge in [0.2, 0.25) is 12.0 Å². The van der Waals surface area contributed by atoms with Crippen molar-refractivity contribution < 1.29 is 4.42 Å². The van der Waals surface area contributed by atoms with Gasteiger partial charge in [-0.3, -0.25) is 0 Å². The summed E-state index contributed by atoms with van der Waals surface area (Å²) in [7, 11) is 0. The van der Waals surface area contributed by atoms with Crippen LogP contribution in [0.3, 0.4) is 0 Å². The quantitative estimate of drug-likeness (QED) is 0.598. The Bertz CT molecular complexity index is 821. The minimum absolute atomic E-state index is 0.534. The van der Waals surface area contributed by atoms with E-state index < -0.39 is 0 Å². The van der Waals surface area contributed by atoms with E-state index in [1.165, 1.54) is 32.7 Å². The number of aryl methyl sites for hydroxylation is 1. The maximum atomic E-state index is 5.47. The predicted octanol–water partition coefficient (Wildman–Crippen LogP) is 3.92. The highest BCUT2D eigenvalue weighted by molar-refractivity contribution is 5.72. The Kier molecular flexibility index (Phi) is 3.50. The van der Waals surface area contributed by atoms with Gasteiger partial charge in [0.25, 0.3) is 0 Å². The van der Waals surface area contributed by atoms with E-state index in [1.54, 1.807) is 6.26 Å². The third-order valence-electron chi connectivity index (χ3n) is 4.09. The van der Waals surface area contributed by atoms with Crippen molar-refractivity contribution in [2.75, 3.05) is 0 Å². The lowest BCUT2D eigenvalue weighted by Crippen LogP contribution is -2.23. The minimum Gasteiger partial charge on any atom is -0.323 e. The largest absolute Gasteiger partial charge is 0.323 e. The van der Waals surface area contributed by atoms with Crippen LogP contribution in [0.2, 0.25) is 0 Å². The molecular weight excluding hydrogens is 256 g/mol. The molecule has 0 saturated carbocycles. The van der Waals surface area contributed by atoms with Crippen molar-refractivity contribution in [1.29, 1.82) is 0 Å². The molecule has 1 heterocycles. The number of hydrogen-bond donors (Lipinski definition) is 0. The summed E-state index contributed by atoms with van der Waals surface area (Å²) in [5.41, 5.74) is 5.36. The molecule has 0 saturated heterocycles. The third-order valence-corrected chi connectivity index (χ3v) is 4.09. The van der Waals surface area contributed by atoms with Crippen LogP contribution in [-0.4, -0.2) is 0 Å². The smallest absolute Gasteiger partial charge is 0.219 e. The lowest BCUT2D eigenvalue weighted by Gasteiger charge is -2.08. The van der Waals surface area contributed by atoms with E-state index >= 15 is 0 Å². The van der Waals surface area contributed by atoms with E-state index in [9.17, 15) is 0 Å². The Balaban J connectivity index is 2.31. The van der Waals surface area contributed by atoms with Crippen molar-refractivity contribution in [2.24, 2.45) is 5.92 Å². The highest BCUT2D eigenvalue weighted by Crippen LogP contribution is 2.20. The number of fused-ring (bicyclic) bond motifs is 1. The van der Waals surface area contributed by atoms with Crippen molar-refractivity contribution in [2.45, 2.75) is 27.7 Å². The monoisotopic (exact) mass is 277 g/mol. The molecule has 0 N–H and O–H groups in total. The zero-order valence-corrected chi connectivity index (χ0v) is 13.1. The van der Waals surface area contributed by atoms with Gasteiger partial charge in [-0.15, -0.1) is 28.9 Å². The van der Waals surface area contributed by atoms with Crippen LogP contribution < -0.4 is 10.4 Å². The van der Waals surface area contributed by atoms with Crippen LogP contribution >= 0.6 is 0 Å². The van der Waals surface area contributed by atoms with E-state index in [0.29, 0.717) is 5.92 Å². The molecule has 0 radical (unpaired) electrons. The minimum atomic E-state index is 0.534. The summed E-state index contributed by atoms with van der Waals surface area (Å²) in [6.45, 7) is 8.85. The molecule has 1 aromatic heterocycles. The first-order chi connectivity index (χ1) is 10.1. The Hall–Kier alpha value is -2.15. The molecule has 21 heavy (non-hydrogen) atoms. The van der Waals surface area contributed by atoms with Crippen LogP contribution in [0.25, 0.3) is 17.7 Å². The molecule has 0 fully saturated rings. The molecule has 0 spiro atoms. The van der Waals surface area contributed by atoms with E-state index in [0.717, 1.165) is 5.76 Å². The van der Waals surface area contributed by atoms with Gasteiger partial charge in [0.05, 0.1) is 0 Å². The molecule has 108 valence electrons. The van der Waals surface area contributed by atoms with Gasteiger partial charge >= 0.3 is 0 Å². The fraction of sp³-hybridized carbons (Fsp3) is 0.250. The predicted molar refractivity (Wildman–Crippen MR) is 89.3 cm³/mol. The second kappa shape index (κ2) is 5.33. The zero-order valence-electron chi connectivity index (χ0n) is 13.1.